The van der Waals surface area contributed by atoms with E-state index < -0.39 is 5.97 Å². The Labute approximate surface area is 117 Å². The minimum atomic E-state index is -0.677. The lowest BCUT2D eigenvalue weighted by molar-refractivity contribution is -0.137. The van der Waals surface area contributed by atoms with Crippen molar-refractivity contribution in [3.63, 3.8) is 0 Å². The smallest absolute Gasteiger partial charge is 0.303 e. The Hall–Kier alpha value is -1.41. The van der Waals surface area contributed by atoms with Gasteiger partial charge < -0.3 is 5.11 Å². The quantitative estimate of drug-likeness (QED) is 0.502. The van der Waals surface area contributed by atoms with Crippen LogP contribution in [0.15, 0.2) is 0 Å². The predicted molar refractivity (Wildman–Crippen MR) is 77.5 cm³/mol. The topological polar surface area (TPSA) is 37.3 Å². The molecule has 0 aromatic rings. The molecule has 1 saturated carbocycles. The van der Waals surface area contributed by atoms with Gasteiger partial charge in [-0.15, -0.1) is 0 Å². The lowest BCUT2D eigenvalue weighted by Crippen LogP contribution is -1.93. The van der Waals surface area contributed by atoms with E-state index in [1.54, 1.807) is 0 Å². The second kappa shape index (κ2) is 10.5. The molecule has 0 aromatic carbocycles. The lowest BCUT2D eigenvalue weighted by atomic mass is 10.1. The summed E-state index contributed by atoms with van der Waals surface area (Å²) in [6.07, 6.45) is 11.7. The first-order valence-corrected chi connectivity index (χ1v) is 7.49. The van der Waals surface area contributed by atoms with Gasteiger partial charge >= 0.3 is 5.97 Å². The maximum Gasteiger partial charge on any atom is 0.303 e. The average Bonchev–Trinajstić information content (AvgIpc) is 3.18. The van der Waals surface area contributed by atoms with Crippen LogP contribution in [-0.2, 0) is 4.79 Å². The molecule has 0 atom stereocenters. The Bertz CT molecular complexity index is 372. The fourth-order valence-corrected chi connectivity index (χ4v) is 1.85. The molecule has 1 rings (SSSR count). The van der Waals surface area contributed by atoms with E-state index >= 15 is 0 Å². The maximum absolute atomic E-state index is 10.3. The molecule has 0 aliphatic heterocycles. The summed E-state index contributed by atoms with van der Waals surface area (Å²) in [6.45, 7) is 0. The molecule has 0 saturated heterocycles. The van der Waals surface area contributed by atoms with Crippen LogP contribution < -0.4 is 0 Å². The summed E-state index contributed by atoms with van der Waals surface area (Å²) >= 11 is 0. The molecule has 0 amide bonds. The van der Waals surface area contributed by atoms with Crippen LogP contribution in [0.3, 0.4) is 0 Å². The predicted octanol–water partition coefficient (Wildman–Crippen LogP) is 4.00. The maximum atomic E-state index is 10.3. The van der Waals surface area contributed by atoms with E-state index in [4.69, 9.17) is 5.11 Å². The van der Waals surface area contributed by atoms with Crippen LogP contribution in [0.5, 0.6) is 0 Å². The molecule has 1 aliphatic rings. The molecule has 104 valence electrons. The first kappa shape index (κ1) is 15.6. The Balaban J connectivity index is 1.78. The van der Waals surface area contributed by atoms with Crippen LogP contribution in [0.2, 0.25) is 0 Å². The van der Waals surface area contributed by atoms with Crippen molar-refractivity contribution in [1.82, 2.24) is 0 Å². The largest absolute Gasteiger partial charge is 0.481 e. The van der Waals surface area contributed by atoms with Crippen molar-refractivity contribution < 1.29 is 9.90 Å². The van der Waals surface area contributed by atoms with E-state index in [0.29, 0.717) is 12.3 Å². The molecule has 0 unspecified atom stereocenters. The van der Waals surface area contributed by atoms with E-state index in [1.165, 1.54) is 32.1 Å². The van der Waals surface area contributed by atoms with Crippen molar-refractivity contribution in [3.05, 3.63) is 0 Å². The van der Waals surface area contributed by atoms with Gasteiger partial charge in [0.15, 0.2) is 0 Å². The van der Waals surface area contributed by atoms with E-state index in [-0.39, 0.29) is 0 Å². The highest BCUT2D eigenvalue weighted by Crippen LogP contribution is 2.27. The molecule has 1 aliphatic carbocycles. The second-order valence-electron chi connectivity index (χ2n) is 5.21. The van der Waals surface area contributed by atoms with Gasteiger partial charge in [-0.3, -0.25) is 4.79 Å². The van der Waals surface area contributed by atoms with Gasteiger partial charge in [0, 0.05) is 18.8 Å². The Morgan fingerprint density at radius 2 is 1.58 bits per heavy atom. The summed E-state index contributed by atoms with van der Waals surface area (Å²) in [5.74, 6) is 12.0. The summed E-state index contributed by atoms with van der Waals surface area (Å²) in [7, 11) is 0. The third kappa shape index (κ3) is 11.4. The average molecular weight is 260 g/mol. The highest BCUT2D eigenvalue weighted by atomic mass is 16.4. The normalized spacial score (nSPS) is 13.1. The Kier molecular flexibility index (Phi) is 8.65. The zero-order chi connectivity index (χ0) is 13.8. The number of carbonyl (C=O) groups is 1. The number of hydrogen-bond donors (Lipinski definition) is 1. The van der Waals surface area contributed by atoms with Crippen LogP contribution >= 0.6 is 0 Å². The number of hydrogen-bond acceptors (Lipinski definition) is 1. The summed E-state index contributed by atoms with van der Waals surface area (Å²) in [5, 5.41) is 8.49. The van der Waals surface area contributed by atoms with Crippen LogP contribution in [0.4, 0.5) is 0 Å². The van der Waals surface area contributed by atoms with E-state index in [0.717, 1.165) is 32.1 Å². The minimum absolute atomic E-state index is 0.317. The minimum Gasteiger partial charge on any atom is -0.481 e. The molecule has 0 spiro atoms. The molecule has 2 nitrogen and oxygen atoms in total. The van der Waals surface area contributed by atoms with Gasteiger partial charge in [0.1, 0.15) is 0 Å². The molecule has 0 aromatic heterocycles. The van der Waals surface area contributed by atoms with Gasteiger partial charge in [-0.1, -0.05) is 43.9 Å². The van der Waals surface area contributed by atoms with Crippen LogP contribution in [0.1, 0.15) is 70.6 Å². The fourth-order valence-electron chi connectivity index (χ4n) is 1.85. The zero-order valence-electron chi connectivity index (χ0n) is 11.7. The highest BCUT2D eigenvalue weighted by molar-refractivity contribution is 5.66. The summed E-state index contributed by atoms with van der Waals surface area (Å²) in [5.41, 5.74) is 0. The molecule has 0 heterocycles. The van der Waals surface area contributed by atoms with Gasteiger partial charge in [0.2, 0.25) is 0 Å². The number of aliphatic carboxylic acids is 1. The van der Waals surface area contributed by atoms with Gasteiger partial charge in [0.25, 0.3) is 0 Å². The molecule has 2 heteroatoms. The molecular formula is C17H24O2. The van der Waals surface area contributed by atoms with E-state index in [9.17, 15) is 4.79 Å². The summed E-state index contributed by atoms with van der Waals surface area (Å²) in [4.78, 5) is 10.3. The molecule has 19 heavy (non-hydrogen) atoms. The van der Waals surface area contributed by atoms with Crippen molar-refractivity contribution in [1.29, 1.82) is 0 Å². The molecule has 1 fully saturated rings. The first-order chi connectivity index (χ1) is 9.29. The Morgan fingerprint density at radius 3 is 2.21 bits per heavy atom. The standard InChI is InChI=1S/C17H24O2/c18-17(19)13-11-9-7-5-3-1-2-4-6-8-10-12-16-14-15-16/h16H,1-5,7,9,11,13-15H2,(H,18,19). The first-order valence-electron chi connectivity index (χ1n) is 7.49. The molecular weight excluding hydrogens is 236 g/mol. The van der Waals surface area contributed by atoms with Crippen LogP contribution in [0.25, 0.3) is 0 Å². The van der Waals surface area contributed by atoms with Gasteiger partial charge in [-0.2, -0.15) is 0 Å². The van der Waals surface area contributed by atoms with Crippen molar-refractivity contribution in [3.8, 4) is 23.7 Å². The molecule has 1 N–H and O–H groups in total. The number of carboxylic acids is 1. The Morgan fingerprint density at radius 1 is 0.947 bits per heavy atom. The monoisotopic (exact) mass is 260 g/mol. The lowest BCUT2D eigenvalue weighted by Gasteiger charge is -1.99. The highest BCUT2D eigenvalue weighted by Gasteiger charge is 2.17. The molecule has 0 bridgehead atoms. The molecule has 0 radical (unpaired) electrons. The summed E-state index contributed by atoms with van der Waals surface area (Å²) < 4.78 is 0. The SMILES string of the molecule is O=C(O)CCCCCCCCCC#CC#CC1CC1. The second-order valence-corrected chi connectivity index (χ2v) is 5.21. The van der Waals surface area contributed by atoms with Crippen LogP contribution in [-0.4, -0.2) is 11.1 Å². The zero-order valence-corrected chi connectivity index (χ0v) is 11.7. The van der Waals surface area contributed by atoms with Gasteiger partial charge in [-0.05, 0) is 37.5 Å². The van der Waals surface area contributed by atoms with Gasteiger partial charge in [0.05, 0.1) is 0 Å². The van der Waals surface area contributed by atoms with E-state index in [1.807, 2.05) is 0 Å². The van der Waals surface area contributed by atoms with Crippen molar-refractivity contribution >= 4 is 5.97 Å². The third-order valence-electron chi connectivity index (χ3n) is 3.20. The van der Waals surface area contributed by atoms with Crippen molar-refractivity contribution in [2.24, 2.45) is 5.92 Å². The van der Waals surface area contributed by atoms with Gasteiger partial charge in [-0.25, -0.2) is 0 Å². The van der Waals surface area contributed by atoms with Crippen molar-refractivity contribution in [2.45, 2.75) is 70.6 Å². The van der Waals surface area contributed by atoms with Crippen LogP contribution in [0, 0.1) is 29.6 Å². The third-order valence-corrected chi connectivity index (χ3v) is 3.20. The number of unbranched alkanes of at least 4 members (excludes halogenated alkanes) is 7. The summed E-state index contributed by atoms with van der Waals surface area (Å²) in [6, 6.07) is 0. The van der Waals surface area contributed by atoms with Crippen molar-refractivity contribution in [2.75, 3.05) is 0 Å². The number of rotatable bonds is 9. The number of carboxylic acid groups (broad SMARTS) is 1. The fraction of sp³-hybridized carbons (Fsp3) is 0.706. The van der Waals surface area contributed by atoms with E-state index in [2.05, 4.69) is 23.7 Å².